The lowest BCUT2D eigenvalue weighted by Gasteiger charge is -2.30. The SMILES string of the molecule is CN(CCc1ccccc1C(=O)O)C(=O)C(N)C(C)(C)C. The van der Waals surface area contributed by atoms with E-state index in [-0.39, 0.29) is 16.9 Å². The summed E-state index contributed by atoms with van der Waals surface area (Å²) in [5.74, 6) is -1.08. The molecular formula is C16H24N2O3. The van der Waals surface area contributed by atoms with Gasteiger partial charge in [0.05, 0.1) is 11.6 Å². The minimum absolute atomic E-state index is 0.129. The number of carbonyl (C=O) groups is 2. The van der Waals surface area contributed by atoms with Crippen LogP contribution in [0.5, 0.6) is 0 Å². The van der Waals surface area contributed by atoms with Crippen molar-refractivity contribution in [1.82, 2.24) is 4.90 Å². The van der Waals surface area contributed by atoms with Crippen LogP contribution in [0.25, 0.3) is 0 Å². The number of rotatable bonds is 5. The van der Waals surface area contributed by atoms with Gasteiger partial charge in [0, 0.05) is 13.6 Å². The Morgan fingerprint density at radius 3 is 2.38 bits per heavy atom. The first-order valence-electron chi connectivity index (χ1n) is 6.96. The van der Waals surface area contributed by atoms with E-state index >= 15 is 0 Å². The Balaban J connectivity index is 2.72. The molecule has 0 aliphatic carbocycles. The molecule has 1 aromatic rings. The smallest absolute Gasteiger partial charge is 0.335 e. The Labute approximate surface area is 125 Å². The van der Waals surface area contributed by atoms with E-state index in [2.05, 4.69) is 0 Å². The van der Waals surface area contributed by atoms with E-state index in [1.807, 2.05) is 20.8 Å². The molecule has 0 radical (unpaired) electrons. The third-order valence-electron chi connectivity index (χ3n) is 3.54. The Morgan fingerprint density at radius 2 is 1.86 bits per heavy atom. The molecule has 1 unspecified atom stereocenters. The van der Waals surface area contributed by atoms with Crippen molar-refractivity contribution in [1.29, 1.82) is 0 Å². The molecule has 0 aliphatic rings. The summed E-state index contributed by atoms with van der Waals surface area (Å²) in [5, 5.41) is 9.13. The highest BCUT2D eigenvalue weighted by Gasteiger charge is 2.29. The standard InChI is InChI=1S/C16H24N2O3/c1-16(2,3)13(17)14(19)18(4)10-9-11-7-5-6-8-12(11)15(20)21/h5-8,13H,9-10,17H2,1-4H3,(H,20,21). The van der Waals surface area contributed by atoms with Crippen LogP contribution >= 0.6 is 0 Å². The van der Waals surface area contributed by atoms with Crippen molar-refractivity contribution in [2.24, 2.45) is 11.1 Å². The van der Waals surface area contributed by atoms with Gasteiger partial charge in [-0.05, 0) is 23.5 Å². The molecule has 3 N–H and O–H groups in total. The van der Waals surface area contributed by atoms with Gasteiger partial charge in [0.25, 0.3) is 0 Å². The maximum atomic E-state index is 12.2. The van der Waals surface area contributed by atoms with Crippen LogP contribution in [0.3, 0.4) is 0 Å². The van der Waals surface area contributed by atoms with Crippen molar-refractivity contribution >= 4 is 11.9 Å². The summed E-state index contributed by atoms with van der Waals surface area (Å²) >= 11 is 0. The summed E-state index contributed by atoms with van der Waals surface area (Å²) in [7, 11) is 1.69. The molecule has 1 rings (SSSR count). The largest absolute Gasteiger partial charge is 0.478 e. The highest BCUT2D eigenvalue weighted by atomic mass is 16.4. The summed E-state index contributed by atoms with van der Waals surface area (Å²) in [6.45, 7) is 6.20. The molecule has 0 aliphatic heterocycles. The molecule has 0 spiro atoms. The molecular weight excluding hydrogens is 268 g/mol. The number of carbonyl (C=O) groups excluding carboxylic acids is 1. The summed E-state index contributed by atoms with van der Waals surface area (Å²) in [6, 6.07) is 6.26. The van der Waals surface area contributed by atoms with Crippen LogP contribution in [0.1, 0.15) is 36.7 Å². The van der Waals surface area contributed by atoms with Gasteiger partial charge in [0.1, 0.15) is 0 Å². The summed E-state index contributed by atoms with van der Waals surface area (Å²) in [5.41, 5.74) is 6.65. The van der Waals surface area contributed by atoms with E-state index in [9.17, 15) is 9.59 Å². The molecule has 116 valence electrons. The number of likely N-dealkylation sites (N-methyl/N-ethyl adjacent to an activating group) is 1. The Kier molecular flexibility index (Phi) is 5.49. The molecule has 1 aromatic carbocycles. The van der Waals surface area contributed by atoms with Gasteiger partial charge >= 0.3 is 5.97 Å². The maximum absolute atomic E-state index is 12.2. The van der Waals surface area contributed by atoms with Crippen molar-refractivity contribution in [3.05, 3.63) is 35.4 Å². The van der Waals surface area contributed by atoms with E-state index in [1.165, 1.54) is 0 Å². The molecule has 1 atom stereocenters. The number of hydrogen-bond acceptors (Lipinski definition) is 3. The molecule has 0 saturated carbocycles. The first-order valence-corrected chi connectivity index (χ1v) is 6.96. The fraction of sp³-hybridized carbons (Fsp3) is 0.500. The molecule has 0 aromatic heterocycles. The van der Waals surface area contributed by atoms with E-state index in [4.69, 9.17) is 10.8 Å². The van der Waals surface area contributed by atoms with Gasteiger partial charge in [-0.2, -0.15) is 0 Å². The molecule has 5 heteroatoms. The van der Waals surface area contributed by atoms with Crippen LogP contribution < -0.4 is 5.73 Å². The van der Waals surface area contributed by atoms with E-state index < -0.39 is 12.0 Å². The van der Waals surface area contributed by atoms with Crippen LogP contribution in [-0.2, 0) is 11.2 Å². The fourth-order valence-electron chi connectivity index (χ4n) is 1.95. The van der Waals surface area contributed by atoms with Crippen molar-refractivity contribution in [2.45, 2.75) is 33.2 Å². The van der Waals surface area contributed by atoms with Crippen LogP contribution in [0.2, 0.25) is 0 Å². The number of amides is 1. The maximum Gasteiger partial charge on any atom is 0.335 e. The third kappa shape index (κ3) is 4.56. The summed E-state index contributed by atoms with van der Waals surface area (Å²) in [6.07, 6.45) is 0.488. The highest BCUT2D eigenvalue weighted by molar-refractivity contribution is 5.89. The summed E-state index contributed by atoms with van der Waals surface area (Å²) in [4.78, 5) is 24.9. The fourth-order valence-corrected chi connectivity index (χ4v) is 1.95. The molecule has 0 bridgehead atoms. The van der Waals surface area contributed by atoms with Gasteiger partial charge in [-0.25, -0.2) is 4.79 Å². The number of hydrogen-bond donors (Lipinski definition) is 2. The van der Waals surface area contributed by atoms with Crippen molar-refractivity contribution in [3.63, 3.8) is 0 Å². The summed E-state index contributed by atoms with van der Waals surface area (Å²) < 4.78 is 0. The topological polar surface area (TPSA) is 83.6 Å². The van der Waals surface area contributed by atoms with E-state index in [0.717, 1.165) is 0 Å². The monoisotopic (exact) mass is 292 g/mol. The lowest BCUT2D eigenvalue weighted by atomic mass is 9.86. The number of nitrogens with zero attached hydrogens (tertiary/aromatic N) is 1. The normalized spacial score (nSPS) is 12.8. The molecule has 0 heterocycles. The second kappa shape index (κ2) is 6.72. The van der Waals surface area contributed by atoms with E-state index in [0.29, 0.717) is 18.5 Å². The van der Waals surface area contributed by atoms with Crippen LogP contribution in [0.4, 0.5) is 0 Å². The van der Waals surface area contributed by atoms with Crippen LogP contribution in [0.15, 0.2) is 24.3 Å². The first kappa shape index (κ1) is 17.2. The predicted octanol–water partition coefficient (Wildman–Crippen LogP) is 1.76. The van der Waals surface area contributed by atoms with Crippen molar-refractivity contribution < 1.29 is 14.7 Å². The lowest BCUT2D eigenvalue weighted by Crippen LogP contribution is -2.49. The van der Waals surface area contributed by atoms with Gasteiger partial charge in [-0.3, -0.25) is 4.79 Å². The lowest BCUT2D eigenvalue weighted by molar-refractivity contribution is -0.133. The van der Waals surface area contributed by atoms with Gasteiger partial charge in [0.15, 0.2) is 0 Å². The Bertz CT molecular complexity index is 520. The zero-order valence-electron chi connectivity index (χ0n) is 13.1. The molecule has 0 saturated heterocycles. The quantitative estimate of drug-likeness (QED) is 0.866. The minimum atomic E-state index is -0.953. The second-order valence-corrected chi connectivity index (χ2v) is 6.32. The van der Waals surface area contributed by atoms with E-state index in [1.54, 1.807) is 36.2 Å². The molecule has 5 nitrogen and oxygen atoms in total. The van der Waals surface area contributed by atoms with Crippen molar-refractivity contribution in [3.8, 4) is 0 Å². The second-order valence-electron chi connectivity index (χ2n) is 6.32. The highest BCUT2D eigenvalue weighted by Crippen LogP contribution is 2.19. The zero-order chi connectivity index (χ0) is 16.2. The van der Waals surface area contributed by atoms with Crippen LogP contribution in [0, 0.1) is 5.41 Å². The van der Waals surface area contributed by atoms with Gasteiger partial charge < -0.3 is 15.7 Å². The number of nitrogens with two attached hydrogens (primary N) is 1. The van der Waals surface area contributed by atoms with Gasteiger partial charge in [-0.15, -0.1) is 0 Å². The Hall–Kier alpha value is -1.88. The Morgan fingerprint density at radius 1 is 1.29 bits per heavy atom. The average molecular weight is 292 g/mol. The van der Waals surface area contributed by atoms with Gasteiger partial charge in [-0.1, -0.05) is 39.0 Å². The average Bonchev–Trinajstić information content (AvgIpc) is 2.42. The van der Waals surface area contributed by atoms with Gasteiger partial charge in [0.2, 0.25) is 5.91 Å². The predicted molar refractivity (Wildman–Crippen MR) is 82.2 cm³/mol. The number of carboxylic acid groups (broad SMARTS) is 1. The number of aromatic carboxylic acids is 1. The number of carboxylic acids is 1. The first-order chi connectivity index (χ1) is 9.64. The molecule has 1 amide bonds. The zero-order valence-corrected chi connectivity index (χ0v) is 13.1. The third-order valence-corrected chi connectivity index (χ3v) is 3.54. The number of benzene rings is 1. The van der Waals surface area contributed by atoms with Crippen molar-refractivity contribution in [2.75, 3.05) is 13.6 Å². The molecule has 0 fully saturated rings. The van der Waals surface area contributed by atoms with Crippen LogP contribution in [-0.4, -0.2) is 41.5 Å². The minimum Gasteiger partial charge on any atom is -0.478 e. The molecule has 21 heavy (non-hydrogen) atoms.